The molecule has 0 bridgehead atoms. The van der Waals surface area contributed by atoms with Gasteiger partial charge >= 0.3 is 0 Å². The summed E-state index contributed by atoms with van der Waals surface area (Å²) in [5.41, 5.74) is 0.451. The van der Waals surface area contributed by atoms with Crippen molar-refractivity contribution in [1.82, 2.24) is 0 Å². The minimum Gasteiger partial charge on any atom is -0.385 e. The molecule has 0 radical (unpaired) electrons. The first-order valence-corrected chi connectivity index (χ1v) is 6.34. The molecule has 2 unspecified atom stereocenters. The quantitative estimate of drug-likeness (QED) is 0.878. The Bertz CT molecular complexity index is 344. The Labute approximate surface area is 101 Å². The maximum absolute atomic E-state index is 10.3. The lowest BCUT2D eigenvalue weighted by Crippen LogP contribution is -2.08. The predicted molar refractivity (Wildman–Crippen MR) is 64.1 cm³/mol. The summed E-state index contributed by atoms with van der Waals surface area (Å²) in [6, 6.07) is 5.98. The van der Waals surface area contributed by atoms with Crippen LogP contribution in [0.5, 0.6) is 0 Å². The molecule has 3 heteroatoms. The SMILES string of the molecule is CCC1CC1(O)c1cc(Br)cc(Br)c1. The van der Waals surface area contributed by atoms with E-state index < -0.39 is 5.60 Å². The van der Waals surface area contributed by atoms with Crippen LogP contribution >= 0.6 is 31.9 Å². The van der Waals surface area contributed by atoms with Crippen molar-refractivity contribution in [3.8, 4) is 0 Å². The topological polar surface area (TPSA) is 20.2 Å². The molecule has 0 spiro atoms. The summed E-state index contributed by atoms with van der Waals surface area (Å²) in [6.07, 6.45) is 1.94. The van der Waals surface area contributed by atoms with Gasteiger partial charge in [0.25, 0.3) is 0 Å². The minimum absolute atomic E-state index is 0.434. The number of hydrogen-bond donors (Lipinski definition) is 1. The Balaban J connectivity index is 2.34. The first-order chi connectivity index (χ1) is 6.56. The van der Waals surface area contributed by atoms with Crippen molar-refractivity contribution in [1.29, 1.82) is 0 Å². The smallest absolute Gasteiger partial charge is 0.0930 e. The molecule has 1 nitrogen and oxygen atoms in total. The maximum Gasteiger partial charge on any atom is 0.0930 e. The monoisotopic (exact) mass is 318 g/mol. The van der Waals surface area contributed by atoms with Crippen LogP contribution in [0.3, 0.4) is 0 Å². The third-order valence-electron chi connectivity index (χ3n) is 2.93. The van der Waals surface area contributed by atoms with E-state index in [1.807, 2.05) is 18.2 Å². The summed E-state index contributed by atoms with van der Waals surface area (Å²) in [5, 5.41) is 10.3. The Morgan fingerprint density at radius 1 is 1.36 bits per heavy atom. The summed E-state index contributed by atoms with van der Waals surface area (Å²) >= 11 is 6.87. The van der Waals surface area contributed by atoms with Crippen LogP contribution in [0.25, 0.3) is 0 Å². The van der Waals surface area contributed by atoms with Crippen LogP contribution in [0.1, 0.15) is 25.3 Å². The van der Waals surface area contributed by atoms with Crippen LogP contribution in [-0.4, -0.2) is 5.11 Å². The summed E-state index contributed by atoms with van der Waals surface area (Å²) in [4.78, 5) is 0. The molecular weight excluding hydrogens is 308 g/mol. The highest BCUT2D eigenvalue weighted by Crippen LogP contribution is 2.54. The van der Waals surface area contributed by atoms with Crippen LogP contribution in [0.4, 0.5) is 0 Å². The number of halogens is 2. The molecule has 0 aliphatic heterocycles. The molecule has 1 fully saturated rings. The molecule has 14 heavy (non-hydrogen) atoms. The van der Waals surface area contributed by atoms with Gasteiger partial charge in [-0.15, -0.1) is 0 Å². The molecule has 1 aromatic carbocycles. The first-order valence-electron chi connectivity index (χ1n) is 4.75. The molecule has 1 aliphatic carbocycles. The Morgan fingerprint density at radius 2 is 1.93 bits per heavy atom. The van der Waals surface area contributed by atoms with Crippen LogP contribution in [0, 0.1) is 5.92 Å². The second-order valence-corrected chi connectivity index (χ2v) is 5.72. The average molecular weight is 320 g/mol. The largest absolute Gasteiger partial charge is 0.385 e. The van der Waals surface area contributed by atoms with E-state index in [0.29, 0.717) is 5.92 Å². The fraction of sp³-hybridized carbons (Fsp3) is 0.455. The Morgan fingerprint density at radius 3 is 2.36 bits per heavy atom. The summed E-state index contributed by atoms with van der Waals surface area (Å²) in [6.45, 7) is 2.12. The molecule has 1 aromatic rings. The van der Waals surface area contributed by atoms with E-state index in [2.05, 4.69) is 38.8 Å². The molecule has 2 atom stereocenters. The number of aliphatic hydroxyl groups is 1. The second-order valence-electron chi connectivity index (χ2n) is 3.89. The standard InChI is InChI=1S/C11H12Br2O/c1-2-7-6-11(7,14)8-3-9(12)5-10(13)4-8/h3-5,7,14H,2,6H2,1H3. The summed E-state index contributed by atoms with van der Waals surface area (Å²) in [5.74, 6) is 0.434. The molecule has 76 valence electrons. The zero-order valence-corrected chi connectivity index (χ0v) is 11.1. The molecule has 2 rings (SSSR count). The predicted octanol–water partition coefficient (Wildman–Crippen LogP) is 3.83. The van der Waals surface area contributed by atoms with Crippen molar-refractivity contribution in [2.24, 2.45) is 5.92 Å². The Kier molecular flexibility index (Phi) is 2.75. The van der Waals surface area contributed by atoms with Crippen LogP contribution < -0.4 is 0 Å². The molecule has 0 saturated heterocycles. The van der Waals surface area contributed by atoms with Crippen LogP contribution in [0.2, 0.25) is 0 Å². The second kappa shape index (κ2) is 3.62. The van der Waals surface area contributed by atoms with Crippen molar-refractivity contribution in [2.75, 3.05) is 0 Å². The Hall–Kier alpha value is 0.140. The van der Waals surface area contributed by atoms with Crippen molar-refractivity contribution in [2.45, 2.75) is 25.4 Å². The van der Waals surface area contributed by atoms with E-state index in [0.717, 1.165) is 27.4 Å². The van der Waals surface area contributed by atoms with Crippen molar-refractivity contribution < 1.29 is 5.11 Å². The molecular formula is C11H12Br2O. The van der Waals surface area contributed by atoms with Gasteiger partial charge in [-0.3, -0.25) is 0 Å². The lowest BCUT2D eigenvalue weighted by atomic mass is 10.1. The first kappa shape index (κ1) is 10.7. The van der Waals surface area contributed by atoms with Gasteiger partial charge in [0, 0.05) is 8.95 Å². The average Bonchev–Trinajstić information content (AvgIpc) is 2.77. The normalized spacial score (nSPS) is 30.4. The molecule has 1 aliphatic rings. The van der Waals surface area contributed by atoms with Gasteiger partial charge in [-0.2, -0.15) is 0 Å². The fourth-order valence-corrected chi connectivity index (χ4v) is 3.25. The van der Waals surface area contributed by atoms with Gasteiger partial charge in [0.1, 0.15) is 0 Å². The molecule has 0 amide bonds. The van der Waals surface area contributed by atoms with Crippen molar-refractivity contribution in [3.63, 3.8) is 0 Å². The van der Waals surface area contributed by atoms with Crippen molar-refractivity contribution in [3.05, 3.63) is 32.7 Å². The van der Waals surface area contributed by atoms with Gasteiger partial charge in [0.15, 0.2) is 0 Å². The highest BCUT2D eigenvalue weighted by Gasteiger charge is 2.52. The van der Waals surface area contributed by atoms with Gasteiger partial charge < -0.3 is 5.11 Å². The summed E-state index contributed by atoms with van der Waals surface area (Å²) in [7, 11) is 0. The van der Waals surface area contributed by atoms with Crippen LogP contribution in [-0.2, 0) is 5.60 Å². The van der Waals surface area contributed by atoms with E-state index in [-0.39, 0.29) is 0 Å². The molecule has 1 saturated carbocycles. The van der Waals surface area contributed by atoms with E-state index in [4.69, 9.17) is 0 Å². The van der Waals surface area contributed by atoms with E-state index >= 15 is 0 Å². The van der Waals surface area contributed by atoms with Crippen molar-refractivity contribution >= 4 is 31.9 Å². The minimum atomic E-state index is -0.568. The fourth-order valence-electron chi connectivity index (χ4n) is 1.96. The molecule has 0 aromatic heterocycles. The third-order valence-corrected chi connectivity index (χ3v) is 3.84. The third kappa shape index (κ3) is 1.77. The zero-order chi connectivity index (χ0) is 10.3. The van der Waals surface area contributed by atoms with E-state index in [1.54, 1.807) is 0 Å². The van der Waals surface area contributed by atoms with E-state index in [9.17, 15) is 5.11 Å². The lowest BCUT2D eigenvalue weighted by Gasteiger charge is -2.11. The zero-order valence-electron chi connectivity index (χ0n) is 7.93. The van der Waals surface area contributed by atoms with Gasteiger partial charge in [-0.05, 0) is 36.1 Å². The highest BCUT2D eigenvalue weighted by molar-refractivity contribution is 9.11. The number of hydrogen-bond acceptors (Lipinski definition) is 1. The maximum atomic E-state index is 10.3. The molecule has 0 heterocycles. The molecule has 1 N–H and O–H groups in total. The van der Waals surface area contributed by atoms with Gasteiger partial charge in [-0.25, -0.2) is 0 Å². The number of benzene rings is 1. The number of rotatable bonds is 2. The van der Waals surface area contributed by atoms with Gasteiger partial charge in [-0.1, -0.05) is 45.2 Å². The highest BCUT2D eigenvalue weighted by atomic mass is 79.9. The van der Waals surface area contributed by atoms with E-state index in [1.165, 1.54) is 0 Å². The lowest BCUT2D eigenvalue weighted by molar-refractivity contribution is 0.130. The summed E-state index contributed by atoms with van der Waals surface area (Å²) < 4.78 is 2.02. The van der Waals surface area contributed by atoms with Gasteiger partial charge in [0.05, 0.1) is 5.60 Å². The van der Waals surface area contributed by atoms with Crippen LogP contribution in [0.15, 0.2) is 27.1 Å². The van der Waals surface area contributed by atoms with Gasteiger partial charge in [0.2, 0.25) is 0 Å².